The number of aromatic nitrogens is 5. The van der Waals surface area contributed by atoms with Crippen LogP contribution in [-0.2, 0) is 7.05 Å². The van der Waals surface area contributed by atoms with Crippen LogP contribution in [0.25, 0.3) is 5.52 Å². The molecule has 4 heterocycles. The lowest BCUT2D eigenvalue weighted by atomic mass is 10.1. The summed E-state index contributed by atoms with van der Waals surface area (Å²) in [6.45, 7) is 6.98. The lowest BCUT2D eigenvalue weighted by Crippen LogP contribution is -2.33. The van der Waals surface area contributed by atoms with E-state index in [4.69, 9.17) is 5.10 Å². The van der Waals surface area contributed by atoms with Gasteiger partial charge >= 0.3 is 0 Å². The zero-order valence-corrected chi connectivity index (χ0v) is 15.7. The summed E-state index contributed by atoms with van der Waals surface area (Å²) in [5.74, 6) is 1.69. The van der Waals surface area contributed by atoms with Gasteiger partial charge in [0, 0.05) is 31.4 Å². The fourth-order valence-corrected chi connectivity index (χ4v) is 3.70. The molecular weight excluding hydrogens is 328 g/mol. The molecule has 0 aliphatic carbocycles. The van der Waals surface area contributed by atoms with E-state index in [1.165, 1.54) is 0 Å². The highest BCUT2D eigenvalue weighted by molar-refractivity contribution is 5.47. The zero-order chi connectivity index (χ0) is 18.4. The van der Waals surface area contributed by atoms with Crippen molar-refractivity contribution < 1.29 is 0 Å². The maximum atomic E-state index is 12.9. The average Bonchev–Trinajstić information content (AvgIpc) is 3.25. The van der Waals surface area contributed by atoms with Crippen molar-refractivity contribution in [3.8, 4) is 0 Å². The highest BCUT2D eigenvalue weighted by Gasteiger charge is 2.30. The maximum absolute atomic E-state index is 12.9. The molecule has 0 amide bonds. The SMILES string of the molecule is Cc1ccc([C@H]2CCCN2c2nn3c(C(C)C)ncc3c(=O)n2C)cn1. The Labute approximate surface area is 152 Å². The second-order valence-corrected chi connectivity index (χ2v) is 7.32. The number of imidazole rings is 1. The Morgan fingerprint density at radius 3 is 2.69 bits per heavy atom. The topological polar surface area (TPSA) is 68.3 Å². The third-order valence-corrected chi connectivity index (χ3v) is 5.12. The molecule has 3 aromatic heterocycles. The van der Waals surface area contributed by atoms with Gasteiger partial charge in [0.1, 0.15) is 5.82 Å². The quantitative estimate of drug-likeness (QED) is 0.725. The maximum Gasteiger partial charge on any atom is 0.280 e. The van der Waals surface area contributed by atoms with Gasteiger partial charge in [-0.15, -0.1) is 5.10 Å². The first kappa shape index (κ1) is 16.8. The molecule has 0 radical (unpaired) electrons. The lowest BCUT2D eigenvalue weighted by Gasteiger charge is -2.27. The highest BCUT2D eigenvalue weighted by Crippen LogP contribution is 2.34. The Bertz CT molecular complexity index is 1000. The molecule has 3 aromatic rings. The summed E-state index contributed by atoms with van der Waals surface area (Å²) < 4.78 is 3.35. The number of aryl methyl sites for hydroxylation is 1. The number of rotatable bonds is 3. The summed E-state index contributed by atoms with van der Waals surface area (Å²) in [5.41, 5.74) is 2.62. The van der Waals surface area contributed by atoms with Crippen LogP contribution in [0, 0.1) is 6.92 Å². The van der Waals surface area contributed by atoms with Crippen LogP contribution < -0.4 is 10.5 Å². The molecule has 0 bridgehead atoms. The summed E-state index contributed by atoms with van der Waals surface area (Å²) in [6, 6.07) is 4.34. The third-order valence-electron chi connectivity index (χ3n) is 5.12. The Kier molecular flexibility index (Phi) is 4.01. The second-order valence-electron chi connectivity index (χ2n) is 7.32. The van der Waals surface area contributed by atoms with Crippen molar-refractivity contribution in [2.45, 2.75) is 45.6 Å². The third kappa shape index (κ3) is 2.58. The molecule has 1 saturated heterocycles. The summed E-state index contributed by atoms with van der Waals surface area (Å²) >= 11 is 0. The van der Waals surface area contributed by atoms with Crippen LogP contribution in [0.5, 0.6) is 0 Å². The van der Waals surface area contributed by atoms with Crippen molar-refractivity contribution in [2.75, 3.05) is 11.4 Å². The number of nitrogens with zero attached hydrogens (tertiary/aromatic N) is 6. The van der Waals surface area contributed by atoms with Crippen molar-refractivity contribution in [1.29, 1.82) is 0 Å². The van der Waals surface area contributed by atoms with E-state index >= 15 is 0 Å². The predicted octanol–water partition coefficient (Wildman–Crippen LogP) is 2.60. The molecule has 0 saturated carbocycles. The Balaban J connectivity index is 1.84. The smallest absolute Gasteiger partial charge is 0.280 e. The Morgan fingerprint density at radius 1 is 1.19 bits per heavy atom. The minimum absolute atomic E-state index is 0.0675. The van der Waals surface area contributed by atoms with Gasteiger partial charge in [-0.25, -0.2) is 9.50 Å². The van der Waals surface area contributed by atoms with Crippen molar-refractivity contribution in [2.24, 2.45) is 7.05 Å². The summed E-state index contributed by atoms with van der Waals surface area (Å²) in [6.07, 6.45) is 5.65. The van der Waals surface area contributed by atoms with Crippen LogP contribution in [0.1, 0.15) is 55.7 Å². The standard InChI is InChI=1S/C19H24N6O/c1-12(2)17-21-11-16-18(26)23(4)19(22-25(16)17)24-9-5-6-15(24)14-8-7-13(3)20-10-14/h7-8,10-12,15H,5-6,9H2,1-4H3/t15-/m1/s1. The van der Waals surface area contributed by atoms with E-state index in [2.05, 4.69) is 34.8 Å². The van der Waals surface area contributed by atoms with E-state index in [9.17, 15) is 4.79 Å². The van der Waals surface area contributed by atoms with Crippen LogP contribution in [0.3, 0.4) is 0 Å². The van der Waals surface area contributed by atoms with Gasteiger partial charge in [-0.3, -0.25) is 14.3 Å². The molecule has 1 aliphatic heterocycles. The fourth-order valence-electron chi connectivity index (χ4n) is 3.70. The van der Waals surface area contributed by atoms with Gasteiger partial charge in [-0.05, 0) is 31.4 Å². The molecule has 136 valence electrons. The van der Waals surface area contributed by atoms with Gasteiger partial charge in [0.25, 0.3) is 5.56 Å². The molecule has 0 N–H and O–H groups in total. The van der Waals surface area contributed by atoms with Gasteiger partial charge in [0.05, 0.1) is 12.2 Å². The van der Waals surface area contributed by atoms with Crippen LogP contribution in [0.2, 0.25) is 0 Å². The molecular formula is C19H24N6O. The molecule has 26 heavy (non-hydrogen) atoms. The monoisotopic (exact) mass is 352 g/mol. The first-order chi connectivity index (χ1) is 12.5. The average molecular weight is 352 g/mol. The Morgan fingerprint density at radius 2 is 2.00 bits per heavy atom. The van der Waals surface area contributed by atoms with Gasteiger partial charge in [-0.2, -0.15) is 0 Å². The molecule has 7 heteroatoms. The van der Waals surface area contributed by atoms with Crippen molar-refractivity contribution in [1.82, 2.24) is 24.1 Å². The van der Waals surface area contributed by atoms with Crippen molar-refractivity contribution in [3.05, 3.63) is 52.0 Å². The predicted molar refractivity (Wildman–Crippen MR) is 101 cm³/mol. The van der Waals surface area contributed by atoms with E-state index < -0.39 is 0 Å². The first-order valence-electron chi connectivity index (χ1n) is 9.11. The van der Waals surface area contributed by atoms with E-state index in [1.807, 2.05) is 19.2 Å². The van der Waals surface area contributed by atoms with Gasteiger partial charge in [-0.1, -0.05) is 19.9 Å². The fraction of sp³-hybridized carbons (Fsp3) is 0.474. The van der Waals surface area contributed by atoms with Crippen LogP contribution in [-0.4, -0.2) is 30.7 Å². The summed E-state index contributed by atoms with van der Waals surface area (Å²) in [7, 11) is 1.79. The molecule has 7 nitrogen and oxygen atoms in total. The van der Waals surface area contributed by atoms with E-state index in [-0.39, 0.29) is 17.5 Å². The van der Waals surface area contributed by atoms with Crippen molar-refractivity contribution >= 4 is 11.5 Å². The van der Waals surface area contributed by atoms with Gasteiger partial charge < -0.3 is 4.90 Å². The normalized spacial score (nSPS) is 17.6. The first-order valence-corrected chi connectivity index (χ1v) is 9.11. The lowest BCUT2D eigenvalue weighted by molar-refractivity contribution is 0.633. The summed E-state index contributed by atoms with van der Waals surface area (Å²) in [4.78, 5) is 23.9. The number of fused-ring (bicyclic) bond motifs is 1. The van der Waals surface area contributed by atoms with Crippen LogP contribution in [0.15, 0.2) is 29.3 Å². The summed E-state index contributed by atoms with van der Waals surface area (Å²) in [5, 5.41) is 4.81. The highest BCUT2D eigenvalue weighted by atomic mass is 16.1. The number of pyridine rings is 1. The van der Waals surface area contributed by atoms with E-state index in [1.54, 1.807) is 22.3 Å². The van der Waals surface area contributed by atoms with Crippen LogP contribution >= 0.6 is 0 Å². The van der Waals surface area contributed by atoms with Gasteiger partial charge in [0.15, 0.2) is 5.52 Å². The number of anilines is 1. The molecule has 0 unspecified atom stereocenters. The number of hydrogen-bond donors (Lipinski definition) is 0. The molecule has 0 spiro atoms. The van der Waals surface area contributed by atoms with Crippen LogP contribution in [0.4, 0.5) is 5.95 Å². The molecule has 1 fully saturated rings. The molecule has 1 aliphatic rings. The minimum atomic E-state index is -0.0675. The molecule has 4 rings (SSSR count). The van der Waals surface area contributed by atoms with Gasteiger partial charge in [0.2, 0.25) is 5.95 Å². The molecule has 0 aromatic carbocycles. The minimum Gasteiger partial charge on any atom is -0.334 e. The second kappa shape index (κ2) is 6.23. The van der Waals surface area contributed by atoms with E-state index in [0.29, 0.717) is 11.5 Å². The van der Waals surface area contributed by atoms with E-state index in [0.717, 1.165) is 36.5 Å². The Hall–Kier alpha value is -2.70. The number of hydrogen-bond acceptors (Lipinski definition) is 5. The molecule has 1 atom stereocenters. The van der Waals surface area contributed by atoms with Crippen molar-refractivity contribution in [3.63, 3.8) is 0 Å². The largest absolute Gasteiger partial charge is 0.334 e. The zero-order valence-electron chi connectivity index (χ0n) is 15.7.